The molecule has 3 heterocycles. The fourth-order valence-electron chi connectivity index (χ4n) is 4.36. The summed E-state index contributed by atoms with van der Waals surface area (Å²) < 4.78 is 7.43. The highest BCUT2D eigenvalue weighted by Crippen LogP contribution is 2.29. The second kappa shape index (κ2) is 8.25. The Hall–Kier alpha value is -2.15. The zero-order chi connectivity index (χ0) is 18.6. The lowest BCUT2D eigenvalue weighted by Gasteiger charge is -2.26. The SMILES string of the molecule is COCCn1c([C@@H]2CCN(C(=O)NC3CCCCC3)C2)nc2cccnc21. The van der Waals surface area contributed by atoms with E-state index in [2.05, 4.69) is 14.9 Å². The third kappa shape index (κ3) is 3.93. The first kappa shape index (κ1) is 18.2. The maximum absolute atomic E-state index is 12.7. The number of methoxy groups -OCH3 is 1. The molecule has 2 fully saturated rings. The van der Waals surface area contributed by atoms with E-state index in [1.54, 1.807) is 13.3 Å². The molecule has 1 saturated heterocycles. The highest BCUT2D eigenvalue weighted by atomic mass is 16.5. The average Bonchev–Trinajstić information content (AvgIpc) is 3.32. The van der Waals surface area contributed by atoms with E-state index in [4.69, 9.17) is 9.72 Å². The van der Waals surface area contributed by atoms with Gasteiger partial charge in [0.25, 0.3) is 0 Å². The lowest BCUT2D eigenvalue weighted by molar-refractivity contribution is 0.186. The molecular weight excluding hydrogens is 342 g/mol. The minimum Gasteiger partial charge on any atom is -0.383 e. The molecule has 1 saturated carbocycles. The van der Waals surface area contributed by atoms with Gasteiger partial charge in [-0.2, -0.15) is 0 Å². The molecular formula is C20H29N5O2. The molecule has 7 nitrogen and oxygen atoms in total. The predicted octanol–water partition coefficient (Wildman–Crippen LogP) is 2.91. The van der Waals surface area contributed by atoms with Gasteiger partial charge in [-0.1, -0.05) is 19.3 Å². The quantitative estimate of drug-likeness (QED) is 0.877. The minimum absolute atomic E-state index is 0.0853. The van der Waals surface area contributed by atoms with Crippen LogP contribution in [0.4, 0.5) is 4.79 Å². The number of nitrogens with one attached hydrogen (secondary N) is 1. The monoisotopic (exact) mass is 371 g/mol. The van der Waals surface area contributed by atoms with Crippen LogP contribution in [0.3, 0.4) is 0 Å². The first-order valence-corrected chi connectivity index (χ1v) is 10.1. The molecule has 27 heavy (non-hydrogen) atoms. The van der Waals surface area contributed by atoms with Gasteiger partial charge < -0.3 is 19.5 Å². The number of nitrogens with zero attached hydrogens (tertiary/aromatic N) is 4. The molecule has 2 aliphatic rings. The zero-order valence-electron chi connectivity index (χ0n) is 16.1. The highest BCUT2D eigenvalue weighted by Gasteiger charge is 2.32. The summed E-state index contributed by atoms with van der Waals surface area (Å²) in [6.07, 6.45) is 8.71. The second-order valence-electron chi connectivity index (χ2n) is 7.68. The number of hydrogen-bond donors (Lipinski definition) is 1. The number of likely N-dealkylation sites (tertiary alicyclic amines) is 1. The lowest BCUT2D eigenvalue weighted by Crippen LogP contribution is -2.44. The largest absolute Gasteiger partial charge is 0.383 e. The van der Waals surface area contributed by atoms with E-state index in [9.17, 15) is 4.79 Å². The third-order valence-electron chi connectivity index (χ3n) is 5.83. The van der Waals surface area contributed by atoms with Crippen LogP contribution in [0, 0.1) is 0 Å². The predicted molar refractivity (Wildman–Crippen MR) is 104 cm³/mol. The van der Waals surface area contributed by atoms with E-state index < -0.39 is 0 Å². The van der Waals surface area contributed by atoms with Gasteiger partial charge in [0, 0.05) is 44.9 Å². The number of carbonyl (C=O) groups excluding carboxylic acids is 1. The van der Waals surface area contributed by atoms with Gasteiger partial charge in [0.1, 0.15) is 11.3 Å². The Kier molecular flexibility index (Phi) is 5.57. The van der Waals surface area contributed by atoms with Gasteiger partial charge in [-0.15, -0.1) is 0 Å². The molecule has 2 aromatic rings. The van der Waals surface area contributed by atoms with Crippen LogP contribution < -0.4 is 5.32 Å². The number of pyridine rings is 1. The maximum atomic E-state index is 12.7. The Bertz CT molecular complexity index is 784. The summed E-state index contributed by atoms with van der Waals surface area (Å²) in [5, 5.41) is 3.24. The highest BCUT2D eigenvalue weighted by molar-refractivity contribution is 5.75. The Balaban J connectivity index is 1.47. The normalized spacial score (nSPS) is 21.1. The summed E-state index contributed by atoms with van der Waals surface area (Å²) in [4.78, 5) is 24.0. The third-order valence-corrected chi connectivity index (χ3v) is 5.83. The summed E-state index contributed by atoms with van der Waals surface area (Å²) in [6.45, 7) is 2.84. The molecule has 1 aliphatic carbocycles. The van der Waals surface area contributed by atoms with Crippen molar-refractivity contribution in [2.75, 3.05) is 26.8 Å². The van der Waals surface area contributed by atoms with Crippen molar-refractivity contribution in [1.82, 2.24) is 24.8 Å². The molecule has 1 atom stereocenters. The van der Waals surface area contributed by atoms with Crippen molar-refractivity contribution < 1.29 is 9.53 Å². The molecule has 4 rings (SSSR count). The van der Waals surface area contributed by atoms with Gasteiger partial charge in [-0.25, -0.2) is 14.8 Å². The Morgan fingerprint density at radius 3 is 2.96 bits per heavy atom. The number of imidazole rings is 1. The summed E-state index contributed by atoms with van der Waals surface area (Å²) in [5.74, 6) is 1.27. The van der Waals surface area contributed by atoms with Crippen molar-refractivity contribution >= 4 is 17.2 Å². The first-order chi connectivity index (χ1) is 13.3. The fourth-order valence-corrected chi connectivity index (χ4v) is 4.36. The van der Waals surface area contributed by atoms with Gasteiger partial charge in [0.2, 0.25) is 0 Å². The van der Waals surface area contributed by atoms with E-state index in [0.29, 0.717) is 12.6 Å². The number of ether oxygens (including phenoxy) is 1. The standard InChI is InChI=1S/C20H29N5O2/c1-27-13-12-25-18(23-17-8-5-10-21-19(17)25)15-9-11-24(14-15)20(26)22-16-6-3-2-4-7-16/h5,8,10,15-16H,2-4,6-7,9,11-14H2,1H3,(H,22,26)/t15-/m1/s1. The van der Waals surface area contributed by atoms with Gasteiger partial charge in [0.15, 0.2) is 5.65 Å². The molecule has 1 aliphatic heterocycles. The average molecular weight is 371 g/mol. The van der Waals surface area contributed by atoms with Crippen LogP contribution in [0.2, 0.25) is 0 Å². The van der Waals surface area contributed by atoms with Gasteiger partial charge in [0.05, 0.1) is 6.61 Å². The molecule has 2 amide bonds. The van der Waals surface area contributed by atoms with Crippen LogP contribution in [0.25, 0.3) is 11.2 Å². The van der Waals surface area contributed by atoms with Crippen molar-refractivity contribution in [3.63, 3.8) is 0 Å². The Labute approximate surface area is 160 Å². The van der Waals surface area contributed by atoms with Gasteiger partial charge in [-0.05, 0) is 31.4 Å². The van der Waals surface area contributed by atoms with Crippen LogP contribution in [0.15, 0.2) is 18.3 Å². The molecule has 1 N–H and O–H groups in total. The Morgan fingerprint density at radius 1 is 1.30 bits per heavy atom. The van der Waals surface area contributed by atoms with Crippen LogP contribution >= 0.6 is 0 Å². The van der Waals surface area contributed by atoms with Crippen molar-refractivity contribution in [3.8, 4) is 0 Å². The van der Waals surface area contributed by atoms with E-state index >= 15 is 0 Å². The molecule has 0 spiro atoms. The fraction of sp³-hybridized carbons (Fsp3) is 0.650. The van der Waals surface area contributed by atoms with Crippen LogP contribution in [0.1, 0.15) is 50.3 Å². The van der Waals surface area contributed by atoms with Crippen molar-refractivity contribution in [2.45, 2.75) is 57.0 Å². The smallest absolute Gasteiger partial charge is 0.317 e. The lowest BCUT2D eigenvalue weighted by atomic mass is 9.96. The number of amides is 2. The van der Waals surface area contributed by atoms with Crippen LogP contribution in [-0.4, -0.2) is 58.3 Å². The number of urea groups is 1. The van der Waals surface area contributed by atoms with Crippen LogP contribution in [0.5, 0.6) is 0 Å². The van der Waals surface area contributed by atoms with E-state index in [1.165, 1.54) is 19.3 Å². The number of fused-ring (bicyclic) bond motifs is 1. The van der Waals surface area contributed by atoms with E-state index in [0.717, 1.165) is 55.9 Å². The van der Waals surface area contributed by atoms with E-state index in [1.807, 2.05) is 17.0 Å². The first-order valence-electron chi connectivity index (χ1n) is 10.1. The van der Waals surface area contributed by atoms with Crippen molar-refractivity contribution in [3.05, 3.63) is 24.2 Å². The number of rotatable bonds is 5. The zero-order valence-corrected chi connectivity index (χ0v) is 16.1. The minimum atomic E-state index is 0.0853. The molecule has 7 heteroatoms. The molecule has 0 radical (unpaired) electrons. The second-order valence-corrected chi connectivity index (χ2v) is 7.68. The maximum Gasteiger partial charge on any atom is 0.317 e. The van der Waals surface area contributed by atoms with Gasteiger partial charge >= 0.3 is 6.03 Å². The van der Waals surface area contributed by atoms with Crippen molar-refractivity contribution in [1.29, 1.82) is 0 Å². The molecule has 0 unspecified atom stereocenters. The summed E-state index contributed by atoms with van der Waals surface area (Å²) >= 11 is 0. The van der Waals surface area contributed by atoms with Gasteiger partial charge in [-0.3, -0.25) is 0 Å². The number of carbonyl (C=O) groups is 1. The molecule has 0 bridgehead atoms. The molecule has 146 valence electrons. The number of hydrogen-bond acceptors (Lipinski definition) is 4. The van der Waals surface area contributed by atoms with Crippen LogP contribution in [-0.2, 0) is 11.3 Å². The summed E-state index contributed by atoms with van der Waals surface area (Å²) in [7, 11) is 1.71. The van der Waals surface area contributed by atoms with E-state index in [-0.39, 0.29) is 11.9 Å². The Morgan fingerprint density at radius 2 is 2.15 bits per heavy atom. The van der Waals surface area contributed by atoms with Crippen molar-refractivity contribution in [2.24, 2.45) is 0 Å². The summed E-state index contributed by atoms with van der Waals surface area (Å²) in [5.41, 5.74) is 1.81. The molecule has 0 aromatic carbocycles. The topological polar surface area (TPSA) is 72.3 Å². The molecule has 2 aromatic heterocycles. The number of aromatic nitrogens is 3. The summed E-state index contributed by atoms with van der Waals surface area (Å²) in [6, 6.07) is 4.35.